The Hall–Kier alpha value is -0.0800. The first-order valence-corrected chi connectivity index (χ1v) is 7.60. The minimum atomic E-state index is -0.0313. The van der Waals surface area contributed by atoms with E-state index in [-0.39, 0.29) is 6.10 Å². The number of hydrogen-bond donors (Lipinski definition) is 1. The van der Waals surface area contributed by atoms with Gasteiger partial charge in [-0.05, 0) is 69.7 Å². The van der Waals surface area contributed by atoms with Gasteiger partial charge in [0, 0.05) is 12.6 Å². The van der Waals surface area contributed by atoms with E-state index in [4.69, 9.17) is 0 Å². The molecule has 0 aromatic heterocycles. The van der Waals surface area contributed by atoms with E-state index in [1.807, 2.05) is 0 Å². The maximum Gasteiger partial charge on any atom is 0.0555 e. The molecule has 1 N–H and O–H groups in total. The van der Waals surface area contributed by atoms with E-state index in [2.05, 4.69) is 11.9 Å². The van der Waals surface area contributed by atoms with Gasteiger partial charge in [0.1, 0.15) is 0 Å². The average Bonchev–Trinajstić information content (AvgIpc) is 2.91. The quantitative estimate of drug-likeness (QED) is 0.815. The molecule has 0 aromatic carbocycles. The summed E-state index contributed by atoms with van der Waals surface area (Å²) in [7, 11) is 2.29. The Kier molecular flexibility index (Phi) is 3.45. The van der Waals surface area contributed by atoms with Crippen molar-refractivity contribution in [3.8, 4) is 0 Å². The molecular weight excluding hydrogens is 210 g/mol. The van der Waals surface area contributed by atoms with Crippen LogP contribution in [0.2, 0.25) is 0 Å². The van der Waals surface area contributed by atoms with Gasteiger partial charge in [0.15, 0.2) is 0 Å². The lowest BCUT2D eigenvalue weighted by atomic mass is 9.86. The van der Waals surface area contributed by atoms with Crippen LogP contribution >= 0.6 is 0 Å². The molecule has 0 amide bonds. The molecule has 2 heteroatoms. The lowest BCUT2D eigenvalue weighted by Crippen LogP contribution is -2.41. The molecule has 5 atom stereocenters. The summed E-state index contributed by atoms with van der Waals surface area (Å²) in [6, 6.07) is 0.651. The Morgan fingerprint density at radius 3 is 2.59 bits per heavy atom. The second-order valence-corrected chi connectivity index (χ2v) is 6.85. The minimum Gasteiger partial charge on any atom is -0.393 e. The Balaban J connectivity index is 1.51. The predicted molar refractivity (Wildman–Crippen MR) is 69.8 cm³/mol. The van der Waals surface area contributed by atoms with Crippen molar-refractivity contribution in [3.63, 3.8) is 0 Å². The van der Waals surface area contributed by atoms with Gasteiger partial charge in [-0.25, -0.2) is 0 Å². The van der Waals surface area contributed by atoms with E-state index >= 15 is 0 Å². The number of rotatable bonds is 3. The van der Waals surface area contributed by atoms with Crippen LogP contribution in [0.15, 0.2) is 0 Å². The van der Waals surface area contributed by atoms with Crippen LogP contribution in [0.4, 0.5) is 0 Å². The number of hydrogen-bond acceptors (Lipinski definition) is 2. The minimum absolute atomic E-state index is 0.0313. The molecule has 3 rings (SSSR count). The summed E-state index contributed by atoms with van der Waals surface area (Å²) in [5.74, 6) is 3.07. The number of fused-ring (bicyclic) bond motifs is 2. The van der Waals surface area contributed by atoms with Crippen LogP contribution in [0.3, 0.4) is 0 Å². The second kappa shape index (κ2) is 4.89. The van der Waals surface area contributed by atoms with Crippen LogP contribution in [0.25, 0.3) is 0 Å². The third-order valence-corrected chi connectivity index (χ3v) is 5.65. The Bertz CT molecular complexity index is 268. The van der Waals surface area contributed by atoms with Gasteiger partial charge in [-0.3, -0.25) is 0 Å². The summed E-state index contributed by atoms with van der Waals surface area (Å²) < 4.78 is 0. The zero-order valence-corrected chi connectivity index (χ0v) is 11.1. The zero-order valence-electron chi connectivity index (χ0n) is 11.1. The summed E-state index contributed by atoms with van der Waals surface area (Å²) in [5, 5.41) is 9.77. The summed E-state index contributed by atoms with van der Waals surface area (Å²) in [6.45, 7) is 1.29. The van der Waals surface area contributed by atoms with Crippen LogP contribution in [0.5, 0.6) is 0 Å². The van der Waals surface area contributed by atoms with Gasteiger partial charge in [-0.1, -0.05) is 6.42 Å². The molecule has 0 aliphatic heterocycles. The summed E-state index contributed by atoms with van der Waals surface area (Å²) in [5.41, 5.74) is 0. The Labute approximate surface area is 105 Å². The zero-order chi connectivity index (χ0) is 11.8. The van der Waals surface area contributed by atoms with Crippen molar-refractivity contribution < 1.29 is 5.11 Å². The normalized spacial score (nSPS) is 45.7. The maximum absolute atomic E-state index is 9.77. The standard InChI is InChI=1S/C15H27NO/c1-16(14-3-2-4-15(17)9-14)10-13-8-11-5-6-12(13)7-11/h11-15,17H,2-10H2,1H3. The van der Waals surface area contributed by atoms with Crippen molar-refractivity contribution >= 4 is 0 Å². The summed E-state index contributed by atoms with van der Waals surface area (Å²) in [4.78, 5) is 2.56. The van der Waals surface area contributed by atoms with Gasteiger partial charge >= 0.3 is 0 Å². The molecule has 0 spiro atoms. The van der Waals surface area contributed by atoms with Crippen molar-refractivity contribution in [2.45, 2.75) is 63.5 Å². The summed E-state index contributed by atoms with van der Waals surface area (Å²) >= 11 is 0. The van der Waals surface area contributed by atoms with Crippen molar-refractivity contribution in [1.29, 1.82) is 0 Å². The van der Waals surface area contributed by atoms with Crippen LogP contribution in [-0.2, 0) is 0 Å². The fourth-order valence-electron chi connectivity index (χ4n) is 4.66. The largest absolute Gasteiger partial charge is 0.393 e. The molecule has 3 saturated carbocycles. The van der Waals surface area contributed by atoms with Crippen molar-refractivity contribution in [2.24, 2.45) is 17.8 Å². The van der Waals surface area contributed by atoms with Crippen LogP contribution < -0.4 is 0 Å². The van der Waals surface area contributed by atoms with Gasteiger partial charge in [-0.15, -0.1) is 0 Å². The van der Waals surface area contributed by atoms with Gasteiger partial charge in [-0.2, -0.15) is 0 Å². The topological polar surface area (TPSA) is 23.5 Å². The van der Waals surface area contributed by atoms with Crippen LogP contribution in [0.1, 0.15) is 51.4 Å². The van der Waals surface area contributed by atoms with E-state index in [9.17, 15) is 5.11 Å². The molecular formula is C15H27NO. The highest BCUT2D eigenvalue weighted by atomic mass is 16.3. The molecule has 0 aromatic rings. The lowest BCUT2D eigenvalue weighted by molar-refractivity contribution is 0.0619. The van der Waals surface area contributed by atoms with Crippen molar-refractivity contribution in [3.05, 3.63) is 0 Å². The first-order chi connectivity index (χ1) is 8.22. The molecule has 0 saturated heterocycles. The van der Waals surface area contributed by atoms with Crippen molar-refractivity contribution in [2.75, 3.05) is 13.6 Å². The number of aliphatic hydroxyl groups is 1. The molecule has 98 valence electrons. The molecule has 3 aliphatic carbocycles. The molecule has 3 aliphatic rings. The summed E-state index contributed by atoms with van der Waals surface area (Å²) in [6.07, 6.45) is 10.5. The highest BCUT2D eigenvalue weighted by Gasteiger charge is 2.40. The second-order valence-electron chi connectivity index (χ2n) is 6.85. The highest BCUT2D eigenvalue weighted by Crippen LogP contribution is 2.48. The number of aliphatic hydroxyl groups excluding tert-OH is 1. The molecule has 5 unspecified atom stereocenters. The SMILES string of the molecule is CN(CC1CC2CCC1C2)C1CCCC(O)C1. The van der Waals surface area contributed by atoms with Crippen LogP contribution in [0, 0.1) is 17.8 Å². The Morgan fingerprint density at radius 1 is 1.06 bits per heavy atom. The van der Waals surface area contributed by atoms with Gasteiger partial charge < -0.3 is 10.0 Å². The lowest BCUT2D eigenvalue weighted by Gasteiger charge is -2.36. The maximum atomic E-state index is 9.77. The van der Waals surface area contributed by atoms with Crippen LogP contribution in [-0.4, -0.2) is 35.7 Å². The molecule has 3 fully saturated rings. The smallest absolute Gasteiger partial charge is 0.0555 e. The molecule has 0 heterocycles. The fraction of sp³-hybridized carbons (Fsp3) is 1.00. The van der Waals surface area contributed by atoms with Gasteiger partial charge in [0.2, 0.25) is 0 Å². The third-order valence-electron chi connectivity index (χ3n) is 5.65. The third kappa shape index (κ3) is 2.53. The predicted octanol–water partition coefficient (Wildman–Crippen LogP) is 2.66. The highest BCUT2D eigenvalue weighted by molar-refractivity contribution is 4.92. The molecule has 0 radical (unpaired) electrons. The van der Waals surface area contributed by atoms with E-state index in [1.165, 1.54) is 45.1 Å². The first kappa shape index (κ1) is 12.0. The van der Waals surface area contributed by atoms with E-state index in [0.717, 1.165) is 30.6 Å². The molecule has 2 nitrogen and oxygen atoms in total. The Morgan fingerprint density at radius 2 is 1.94 bits per heavy atom. The fourth-order valence-corrected chi connectivity index (χ4v) is 4.66. The van der Waals surface area contributed by atoms with E-state index in [0.29, 0.717) is 6.04 Å². The molecule has 2 bridgehead atoms. The van der Waals surface area contributed by atoms with Gasteiger partial charge in [0.25, 0.3) is 0 Å². The molecule has 17 heavy (non-hydrogen) atoms. The first-order valence-electron chi connectivity index (χ1n) is 7.60. The van der Waals surface area contributed by atoms with E-state index < -0.39 is 0 Å². The average molecular weight is 237 g/mol. The monoisotopic (exact) mass is 237 g/mol. The van der Waals surface area contributed by atoms with E-state index in [1.54, 1.807) is 0 Å². The van der Waals surface area contributed by atoms with Gasteiger partial charge in [0.05, 0.1) is 6.10 Å². The number of nitrogens with zero attached hydrogens (tertiary/aromatic N) is 1. The van der Waals surface area contributed by atoms with Crippen molar-refractivity contribution in [1.82, 2.24) is 4.90 Å².